The summed E-state index contributed by atoms with van der Waals surface area (Å²) in [6.45, 7) is 0.0660. The summed E-state index contributed by atoms with van der Waals surface area (Å²) in [5, 5.41) is 8.80. The smallest absolute Gasteiger partial charge is 0.427 e. The van der Waals surface area contributed by atoms with Crippen molar-refractivity contribution in [2.45, 2.75) is 63.1 Å². The molecule has 0 aromatic carbocycles. The SMILES string of the molecule is O=C(O[C@H](CO)C(F)(F)F)N1CCC2(CC1)CCN(C(=O)C1CCC(F)(F)CC1)C2. The Kier molecular flexibility index (Phi) is 6.50. The first-order valence-electron chi connectivity index (χ1n) is 10.2. The van der Waals surface area contributed by atoms with Crippen molar-refractivity contribution in [2.24, 2.45) is 11.3 Å². The third-order valence-corrected chi connectivity index (χ3v) is 6.67. The summed E-state index contributed by atoms with van der Waals surface area (Å²) in [7, 11) is 0. The molecule has 1 saturated carbocycles. The third-order valence-electron chi connectivity index (χ3n) is 6.67. The van der Waals surface area contributed by atoms with Crippen LogP contribution in [-0.4, -0.2) is 77.9 Å². The fourth-order valence-corrected chi connectivity index (χ4v) is 4.64. The lowest BCUT2D eigenvalue weighted by atomic mass is 9.78. The molecule has 2 aliphatic heterocycles. The summed E-state index contributed by atoms with van der Waals surface area (Å²) in [6, 6.07) is 0. The number of carbonyl (C=O) groups excluding carboxylic acids is 2. The summed E-state index contributed by atoms with van der Waals surface area (Å²) in [5.41, 5.74) is -0.217. The highest BCUT2D eigenvalue weighted by molar-refractivity contribution is 5.79. The van der Waals surface area contributed by atoms with E-state index >= 15 is 0 Å². The number of likely N-dealkylation sites (tertiary alicyclic amines) is 2. The summed E-state index contributed by atoms with van der Waals surface area (Å²) in [6.07, 6.45) is -6.93. The van der Waals surface area contributed by atoms with E-state index in [9.17, 15) is 31.5 Å². The zero-order chi connectivity index (χ0) is 22.2. The summed E-state index contributed by atoms with van der Waals surface area (Å²) in [4.78, 5) is 27.6. The van der Waals surface area contributed by atoms with Gasteiger partial charge in [-0.15, -0.1) is 0 Å². The van der Waals surface area contributed by atoms with Crippen LogP contribution in [0.2, 0.25) is 0 Å². The van der Waals surface area contributed by atoms with Crippen LogP contribution >= 0.6 is 0 Å². The van der Waals surface area contributed by atoms with Crippen molar-refractivity contribution in [3.05, 3.63) is 0 Å². The lowest BCUT2D eigenvalue weighted by molar-refractivity contribution is -0.215. The van der Waals surface area contributed by atoms with Crippen molar-refractivity contribution in [3.8, 4) is 0 Å². The third kappa shape index (κ3) is 5.15. The molecule has 3 rings (SSSR count). The van der Waals surface area contributed by atoms with Crippen LogP contribution in [0.1, 0.15) is 44.9 Å². The molecule has 0 bridgehead atoms. The zero-order valence-electron chi connectivity index (χ0n) is 16.6. The van der Waals surface area contributed by atoms with Crippen LogP contribution in [0.25, 0.3) is 0 Å². The van der Waals surface area contributed by atoms with Crippen molar-refractivity contribution in [2.75, 3.05) is 32.8 Å². The molecule has 0 aromatic heterocycles. The molecule has 0 unspecified atom stereocenters. The number of halogens is 5. The highest BCUT2D eigenvalue weighted by Gasteiger charge is 2.47. The van der Waals surface area contributed by atoms with E-state index in [1.165, 1.54) is 4.90 Å². The number of rotatable bonds is 3. The number of alkyl halides is 5. The molecule has 11 heteroatoms. The Morgan fingerprint density at radius 2 is 1.53 bits per heavy atom. The number of amides is 2. The number of hydrogen-bond donors (Lipinski definition) is 1. The quantitative estimate of drug-likeness (QED) is 0.682. The number of hydrogen-bond acceptors (Lipinski definition) is 4. The number of carbonyl (C=O) groups is 2. The van der Waals surface area contributed by atoms with Gasteiger partial charge in [0.2, 0.25) is 17.9 Å². The molecule has 30 heavy (non-hydrogen) atoms. The second kappa shape index (κ2) is 8.47. The molecule has 2 amide bonds. The molecule has 1 atom stereocenters. The average molecular weight is 442 g/mol. The van der Waals surface area contributed by atoms with Gasteiger partial charge in [-0.1, -0.05) is 0 Å². The predicted molar refractivity (Wildman–Crippen MR) is 94.8 cm³/mol. The van der Waals surface area contributed by atoms with Gasteiger partial charge in [-0.3, -0.25) is 4.79 Å². The van der Waals surface area contributed by atoms with Crippen LogP contribution in [0.5, 0.6) is 0 Å². The van der Waals surface area contributed by atoms with Crippen LogP contribution in [-0.2, 0) is 9.53 Å². The minimum absolute atomic E-state index is 0.0971. The van der Waals surface area contributed by atoms with Crippen LogP contribution in [0.4, 0.5) is 26.7 Å². The van der Waals surface area contributed by atoms with Gasteiger partial charge in [-0.05, 0) is 37.5 Å². The lowest BCUT2D eigenvalue weighted by Gasteiger charge is -2.39. The standard InChI is InChI=1S/C19H27F5N2O4/c20-18(21)3-1-13(2-4-18)15(28)26-10-7-17(12-26)5-8-25(9-6-17)16(29)30-14(11-27)19(22,23)24/h13-14,27H,1-12H2/t14-/m1/s1. The van der Waals surface area contributed by atoms with Gasteiger partial charge in [-0.25, -0.2) is 13.6 Å². The maximum Gasteiger partial charge on any atom is 0.427 e. The van der Waals surface area contributed by atoms with Gasteiger partial charge in [0.1, 0.15) is 0 Å². The van der Waals surface area contributed by atoms with Gasteiger partial charge < -0.3 is 19.6 Å². The fourth-order valence-electron chi connectivity index (χ4n) is 4.64. The Bertz CT molecular complexity index is 639. The van der Waals surface area contributed by atoms with Gasteiger partial charge >= 0.3 is 12.3 Å². The Hall–Kier alpha value is -1.65. The normalized spacial score (nSPS) is 25.4. The Morgan fingerprint density at radius 3 is 2.03 bits per heavy atom. The topological polar surface area (TPSA) is 70.1 Å². The molecule has 0 aromatic rings. The van der Waals surface area contributed by atoms with Gasteiger partial charge in [-0.2, -0.15) is 13.2 Å². The van der Waals surface area contributed by atoms with E-state index in [0.29, 0.717) is 32.4 Å². The molecule has 1 aliphatic carbocycles. The minimum Gasteiger partial charge on any atom is -0.434 e. The second-order valence-corrected chi connectivity index (χ2v) is 8.72. The van der Waals surface area contributed by atoms with E-state index in [0.717, 1.165) is 0 Å². The van der Waals surface area contributed by atoms with Gasteiger partial charge in [0.15, 0.2) is 0 Å². The van der Waals surface area contributed by atoms with Crippen molar-refractivity contribution in [1.82, 2.24) is 9.80 Å². The van der Waals surface area contributed by atoms with Crippen LogP contribution in [0.3, 0.4) is 0 Å². The Morgan fingerprint density at radius 1 is 1.00 bits per heavy atom. The minimum atomic E-state index is -4.84. The number of aliphatic hydroxyl groups is 1. The van der Waals surface area contributed by atoms with Crippen molar-refractivity contribution < 1.29 is 41.4 Å². The van der Waals surface area contributed by atoms with E-state index < -0.39 is 30.9 Å². The van der Waals surface area contributed by atoms with E-state index in [4.69, 9.17) is 5.11 Å². The molecule has 3 aliphatic rings. The van der Waals surface area contributed by atoms with Crippen molar-refractivity contribution in [3.63, 3.8) is 0 Å². The van der Waals surface area contributed by atoms with Crippen molar-refractivity contribution in [1.29, 1.82) is 0 Å². The van der Waals surface area contributed by atoms with E-state index in [2.05, 4.69) is 4.74 Å². The summed E-state index contributed by atoms with van der Waals surface area (Å²) in [5.74, 6) is -3.17. The lowest BCUT2D eigenvalue weighted by Crippen LogP contribution is -2.48. The maximum absolute atomic E-state index is 13.3. The van der Waals surface area contributed by atoms with Crippen LogP contribution in [0, 0.1) is 11.3 Å². The average Bonchev–Trinajstić information content (AvgIpc) is 3.08. The Labute approximate surface area is 171 Å². The van der Waals surface area contributed by atoms with E-state index in [-0.39, 0.29) is 56.0 Å². The fraction of sp³-hybridized carbons (Fsp3) is 0.895. The molecule has 3 fully saturated rings. The first-order valence-corrected chi connectivity index (χ1v) is 10.2. The molecular weight excluding hydrogens is 415 g/mol. The second-order valence-electron chi connectivity index (χ2n) is 8.72. The van der Waals surface area contributed by atoms with E-state index in [1.807, 2.05) is 0 Å². The van der Waals surface area contributed by atoms with Crippen LogP contribution in [0.15, 0.2) is 0 Å². The zero-order valence-corrected chi connectivity index (χ0v) is 16.6. The number of ether oxygens (including phenoxy) is 1. The molecule has 6 nitrogen and oxygen atoms in total. The van der Waals surface area contributed by atoms with Gasteiger partial charge in [0.25, 0.3) is 0 Å². The number of aliphatic hydroxyl groups excluding tert-OH is 1. The molecular formula is C19H27F5N2O4. The van der Waals surface area contributed by atoms with Crippen molar-refractivity contribution >= 4 is 12.0 Å². The molecule has 1 spiro atoms. The Balaban J connectivity index is 1.49. The molecule has 172 valence electrons. The molecule has 2 heterocycles. The first-order chi connectivity index (χ1) is 13.9. The number of nitrogens with zero attached hydrogens (tertiary/aromatic N) is 2. The first kappa shape index (κ1) is 23.0. The van der Waals surface area contributed by atoms with Gasteiger partial charge in [0, 0.05) is 44.9 Å². The molecule has 0 radical (unpaired) electrons. The molecule has 1 N–H and O–H groups in total. The highest BCUT2D eigenvalue weighted by atomic mass is 19.4. The highest BCUT2D eigenvalue weighted by Crippen LogP contribution is 2.43. The predicted octanol–water partition coefficient (Wildman–Crippen LogP) is 3.19. The van der Waals surface area contributed by atoms with Gasteiger partial charge in [0.05, 0.1) is 6.61 Å². The summed E-state index contributed by atoms with van der Waals surface area (Å²) >= 11 is 0. The monoisotopic (exact) mass is 442 g/mol. The van der Waals surface area contributed by atoms with Crippen LogP contribution < -0.4 is 0 Å². The summed E-state index contributed by atoms with van der Waals surface area (Å²) < 4.78 is 69.1. The largest absolute Gasteiger partial charge is 0.434 e. The molecule has 2 saturated heterocycles. The maximum atomic E-state index is 13.3. The van der Waals surface area contributed by atoms with E-state index in [1.54, 1.807) is 4.90 Å². The number of piperidine rings is 1.